The summed E-state index contributed by atoms with van der Waals surface area (Å²) in [6.07, 6.45) is 0.399. The van der Waals surface area contributed by atoms with Gasteiger partial charge in [0.15, 0.2) is 11.3 Å². The second kappa shape index (κ2) is 8.87. The van der Waals surface area contributed by atoms with Crippen LogP contribution in [0.2, 0.25) is 0 Å². The van der Waals surface area contributed by atoms with Crippen LogP contribution in [0.3, 0.4) is 0 Å². The number of nitro groups is 1. The number of ketones is 1. The van der Waals surface area contributed by atoms with E-state index in [4.69, 9.17) is 4.74 Å². The van der Waals surface area contributed by atoms with Gasteiger partial charge < -0.3 is 14.3 Å². The Balaban J connectivity index is 1.55. The number of hydrogen-bond donors (Lipinski definition) is 1. The number of aryl methyl sites for hydroxylation is 2. The van der Waals surface area contributed by atoms with Crippen molar-refractivity contribution in [3.8, 4) is 0 Å². The van der Waals surface area contributed by atoms with E-state index in [2.05, 4.69) is 15.2 Å². The predicted octanol–water partition coefficient (Wildman–Crippen LogP) is 4.09. The molecule has 168 valence electrons. The largest absolute Gasteiger partial charge is 0.451 e. The zero-order valence-corrected chi connectivity index (χ0v) is 18.8. The molecule has 0 aliphatic rings. The van der Waals surface area contributed by atoms with Crippen LogP contribution in [0.25, 0.3) is 10.9 Å². The fraction of sp³-hybridized carbons (Fsp3) is 0.182. The lowest BCUT2D eigenvalue weighted by Gasteiger charge is -2.13. The van der Waals surface area contributed by atoms with Gasteiger partial charge in [0, 0.05) is 35.3 Å². The Labute approximate surface area is 192 Å². The normalized spacial score (nSPS) is 12.0. The number of hydrogen-bond acceptors (Lipinski definition) is 8. The molecule has 4 rings (SSSR count). The minimum Gasteiger partial charge on any atom is -0.451 e. The summed E-state index contributed by atoms with van der Waals surface area (Å²) < 4.78 is 6.99. The Hall–Kier alpha value is -3.99. The molecule has 0 spiro atoms. The van der Waals surface area contributed by atoms with Gasteiger partial charge in [0.2, 0.25) is 5.78 Å². The monoisotopic (exact) mass is 465 g/mol. The van der Waals surface area contributed by atoms with Gasteiger partial charge in [0.1, 0.15) is 6.33 Å². The van der Waals surface area contributed by atoms with Gasteiger partial charge in [-0.15, -0.1) is 10.2 Å². The van der Waals surface area contributed by atoms with E-state index in [0.717, 1.165) is 28.7 Å². The van der Waals surface area contributed by atoms with Crippen LogP contribution in [0.15, 0.2) is 58.8 Å². The number of aromatic amines is 1. The van der Waals surface area contributed by atoms with Crippen LogP contribution >= 0.6 is 11.8 Å². The molecule has 0 bridgehead atoms. The minimum absolute atomic E-state index is 0.0284. The number of Topliss-reactive ketones (excluding diaryl/α,β-unsaturated/α-hetero) is 1. The topological polar surface area (TPSA) is 133 Å². The van der Waals surface area contributed by atoms with E-state index in [1.165, 1.54) is 25.4 Å². The lowest BCUT2D eigenvalue weighted by Crippen LogP contribution is -2.25. The fourth-order valence-electron chi connectivity index (χ4n) is 3.42. The molecule has 2 aromatic carbocycles. The van der Waals surface area contributed by atoms with Crippen molar-refractivity contribution in [2.45, 2.75) is 30.0 Å². The van der Waals surface area contributed by atoms with Crippen molar-refractivity contribution >= 4 is 40.1 Å². The van der Waals surface area contributed by atoms with Crippen LogP contribution in [0, 0.1) is 17.0 Å². The average molecular weight is 465 g/mol. The standard InChI is InChI=1S/C22H19N5O5S/c1-12-19(15-6-4-5-7-16(15)24-12)20(28)13(2)32-21(29)14-8-9-18(17(10-14)27(30)31)33-22-25-23-11-26(22)3/h4-11,13,24H,1-3H3. The van der Waals surface area contributed by atoms with Gasteiger partial charge in [0.25, 0.3) is 5.69 Å². The van der Waals surface area contributed by atoms with Crippen molar-refractivity contribution in [2.75, 3.05) is 0 Å². The van der Waals surface area contributed by atoms with Crippen LogP contribution in [-0.2, 0) is 11.8 Å². The highest BCUT2D eigenvalue weighted by atomic mass is 32.2. The Morgan fingerprint density at radius 1 is 1.24 bits per heavy atom. The first kappa shape index (κ1) is 22.2. The number of ether oxygens (including phenoxy) is 1. The molecule has 0 amide bonds. The van der Waals surface area contributed by atoms with Gasteiger partial charge in [-0.3, -0.25) is 14.9 Å². The molecule has 1 unspecified atom stereocenters. The first-order chi connectivity index (χ1) is 15.8. The molecule has 0 saturated heterocycles. The molecule has 0 saturated carbocycles. The highest BCUT2D eigenvalue weighted by molar-refractivity contribution is 7.99. The molecular weight excluding hydrogens is 446 g/mol. The number of carbonyl (C=O) groups is 2. The SMILES string of the molecule is Cc1[nH]c2ccccc2c1C(=O)C(C)OC(=O)c1ccc(Sc2nncn2C)c([N+](=O)[O-])c1. The van der Waals surface area contributed by atoms with E-state index < -0.39 is 17.0 Å². The maximum absolute atomic E-state index is 13.0. The lowest BCUT2D eigenvalue weighted by molar-refractivity contribution is -0.387. The summed E-state index contributed by atoms with van der Waals surface area (Å²) in [6.45, 7) is 3.26. The first-order valence-electron chi connectivity index (χ1n) is 9.89. The minimum atomic E-state index is -1.08. The summed E-state index contributed by atoms with van der Waals surface area (Å²) >= 11 is 1.05. The maximum atomic E-state index is 13.0. The Morgan fingerprint density at radius 2 is 2.00 bits per heavy atom. The second-order valence-corrected chi connectivity index (χ2v) is 8.36. The van der Waals surface area contributed by atoms with E-state index in [0.29, 0.717) is 21.3 Å². The van der Waals surface area contributed by atoms with Crippen molar-refractivity contribution < 1.29 is 19.2 Å². The number of para-hydroxylation sites is 1. The van der Waals surface area contributed by atoms with Gasteiger partial charge in [0.05, 0.1) is 15.4 Å². The number of aromatic nitrogens is 4. The molecule has 0 aliphatic carbocycles. The fourth-order valence-corrected chi connectivity index (χ4v) is 4.27. The first-order valence-corrected chi connectivity index (χ1v) is 10.7. The van der Waals surface area contributed by atoms with Crippen molar-refractivity contribution in [2.24, 2.45) is 7.05 Å². The molecule has 2 heterocycles. The molecule has 4 aromatic rings. The zero-order valence-electron chi connectivity index (χ0n) is 17.9. The quantitative estimate of drug-likeness (QED) is 0.187. The lowest BCUT2D eigenvalue weighted by atomic mass is 10.0. The molecule has 0 aliphatic heterocycles. The van der Waals surface area contributed by atoms with Crippen LogP contribution in [0.1, 0.15) is 33.3 Å². The Kier molecular flexibility index (Phi) is 5.97. The van der Waals surface area contributed by atoms with Crippen LogP contribution < -0.4 is 0 Å². The zero-order chi connectivity index (χ0) is 23.7. The third-order valence-corrected chi connectivity index (χ3v) is 6.17. The number of nitrogens with zero attached hydrogens (tertiary/aromatic N) is 4. The van der Waals surface area contributed by atoms with E-state index in [9.17, 15) is 19.7 Å². The molecule has 2 aromatic heterocycles. The number of rotatable bonds is 7. The van der Waals surface area contributed by atoms with Crippen LogP contribution in [0.5, 0.6) is 0 Å². The van der Waals surface area contributed by atoms with Crippen molar-refractivity contribution in [1.82, 2.24) is 19.7 Å². The molecule has 1 N–H and O–H groups in total. The van der Waals surface area contributed by atoms with E-state index >= 15 is 0 Å². The number of H-pyrrole nitrogens is 1. The van der Waals surface area contributed by atoms with Crippen molar-refractivity contribution in [3.63, 3.8) is 0 Å². The smallest absolute Gasteiger partial charge is 0.339 e. The number of benzene rings is 2. The highest BCUT2D eigenvalue weighted by Crippen LogP contribution is 2.34. The predicted molar refractivity (Wildman–Crippen MR) is 120 cm³/mol. The Morgan fingerprint density at radius 3 is 2.70 bits per heavy atom. The van der Waals surface area contributed by atoms with Gasteiger partial charge in [-0.05, 0) is 43.8 Å². The van der Waals surface area contributed by atoms with Gasteiger partial charge in [-0.1, -0.05) is 18.2 Å². The summed E-state index contributed by atoms with van der Waals surface area (Å²) in [6, 6.07) is 11.4. The molecule has 0 radical (unpaired) electrons. The summed E-state index contributed by atoms with van der Waals surface area (Å²) in [5.41, 5.74) is 1.63. The Bertz CT molecular complexity index is 1390. The summed E-state index contributed by atoms with van der Waals surface area (Å²) in [5, 5.41) is 20.4. The second-order valence-electron chi connectivity index (χ2n) is 7.35. The van der Waals surface area contributed by atoms with Crippen molar-refractivity contribution in [3.05, 3.63) is 75.7 Å². The number of carbonyl (C=O) groups excluding carboxylic acids is 2. The van der Waals surface area contributed by atoms with Crippen LogP contribution in [0.4, 0.5) is 5.69 Å². The third-order valence-electron chi connectivity index (χ3n) is 5.06. The van der Waals surface area contributed by atoms with Gasteiger partial charge in [-0.25, -0.2) is 4.79 Å². The molecule has 10 nitrogen and oxygen atoms in total. The van der Waals surface area contributed by atoms with E-state index in [1.54, 1.807) is 18.5 Å². The third kappa shape index (κ3) is 4.35. The molecule has 11 heteroatoms. The van der Waals surface area contributed by atoms with Crippen LogP contribution in [-0.4, -0.2) is 42.5 Å². The summed E-state index contributed by atoms with van der Waals surface area (Å²) in [7, 11) is 1.72. The number of fused-ring (bicyclic) bond motifs is 1. The average Bonchev–Trinajstić information content (AvgIpc) is 3.34. The molecule has 33 heavy (non-hydrogen) atoms. The number of nitrogens with one attached hydrogen (secondary N) is 1. The molecule has 1 atom stereocenters. The van der Waals surface area contributed by atoms with Crippen molar-refractivity contribution in [1.29, 1.82) is 0 Å². The van der Waals surface area contributed by atoms with Gasteiger partial charge >= 0.3 is 5.97 Å². The summed E-state index contributed by atoms with van der Waals surface area (Å²) in [4.78, 5) is 40.2. The summed E-state index contributed by atoms with van der Waals surface area (Å²) in [5.74, 6) is -1.19. The highest BCUT2D eigenvalue weighted by Gasteiger charge is 2.26. The number of esters is 1. The van der Waals surface area contributed by atoms with E-state index in [1.807, 2.05) is 24.3 Å². The number of nitro benzene ring substituents is 1. The molecular formula is C22H19N5O5S. The molecule has 0 fully saturated rings. The van der Waals surface area contributed by atoms with E-state index in [-0.39, 0.29) is 17.0 Å². The van der Waals surface area contributed by atoms with Gasteiger partial charge in [-0.2, -0.15) is 0 Å². The maximum Gasteiger partial charge on any atom is 0.339 e.